The van der Waals surface area contributed by atoms with Gasteiger partial charge in [-0.1, -0.05) is 20.8 Å². The van der Waals surface area contributed by atoms with Gasteiger partial charge in [-0.05, 0) is 12.3 Å². The monoisotopic (exact) mass is 261 g/mol. The van der Waals surface area contributed by atoms with Gasteiger partial charge in [0.2, 0.25) is 5.95 Å². The lowest BCUT2D eigenvalue weighted by Crippen LogP contribution is -2.10. The zero-order valence-corrected chi connectivity index (χ0v) is 12.2. The van der Waals surface area contributed by atoms with E-state index >= 15 is 0 Å². The van der Waals surface area contributed by atoms with Crippen molar-refractivity contribution in [1.29, 1.82) is 0 Å². The van der Waals surface area contributed by atoms with E-state index in [1.165, 1.54) is 5.56 Å². The standard InChI is InChI=1S/C14H23N5/c1-5-13-12(10-18(4)17-13)8-16-14-15-6-7-19(14)9-11(2)3/h6-7,10-11H,5,8-9H2,1-4H3,(H,15,16). The fourth-order valence-electron chi connectivity index (χ4n) is 2.22. The molecule has 0 aliphatic carbocycles. The van der Waals surface area contributed by atoms with Crippen molar-refractivity contribution in [2.24, 2.45) is 13.0 Å². The highest BCUT2D eigenvalue weighted by Crippen LogP contribution is 2.12. The number of nitrogens with zero attached hydrogens (tertiary/aromatic N) is 4. The first-order chi connectivity index (χ1) is 9.10. The second kappa shape index (κ2) is 5.91. The van der Waals surface area contributed by atoms with Crippen LogP contribution >= 0.6 is 0 Å². The van der Waals surface area contributed by atoms with E-state index in [1.807, 2.05) is 24.1 Å². The average Bonchev–Trinajstić information content (AvgIpc) is 2.92. The summed E-state index contributed by atoms with van der Waals surface area (Å²) in [5.41, 5.74) is 2.39. The molecule has 0 amide bonds. The van der Waals surface area contributed by atoms with Gasteiger partial charge in [0.1, 0.15) is 0 Å². The molecule has 0 radical (unpaired) electrons. The van der Waals surface area contributed by atoms with Crippen LogP contribution in [0.3, 0.4) is 0 Å². The van der Waals surface area contributed by atoms with Crippen molar-refractivity contribution < 1.29 is 0 Å². The Kier molecular flexibility index (Phi) is 4.24. The first-order valence-electron chi connectivity index (χ1n) is 6.86. The Labute approximate surface area is 114 Å². The molecule has 0 unspecified atom stereocenters. The molecule has 0 saturated heterocycles. The van der Waals surface area contributed by atoms with E-state index in [2.05, 4.69) is 46.9 Å². The van der Waals surface area contributed by atoms with Crippen LogP contribution in [0.2, 0.25) is 0 Å². The molecule has 2 aromatic heterocycles. The van der Waals surface area contributed by atoms with Crippen LogP contribution in [0.25, 0.3) is 0 Å². The molecule has 5 nitrogen and oxygen atoms in total. The summed E-state index contributed by atoms with van der Waals surface area (Å²) in [7, 11) is 1.96. The Bertz CT molecular complexity index is 524. The van der Waals surface area contributed by atoms with Crippen LogP contribution < -0.4 is 5.32 Å². The SMILES string of the molecule is CCc1nn(C)cc1CNc1nccn1CC(C)C. The molecule has 2 heterocycles. The van der Waals surface area contributed by atoms with E-state index in [0.29, 0.717) is 5.92 Å². The number of imidazole rings is 1. The first kappa shape index (κ1) is 13.6. The van der Waals surface area contributed by atoms with Crippen molar-refractivity contribution in [2.45, 2.75) is 40.3 Å². The van der Waals surface area contributed by atoms with Crippen molar-refractivity contribution >= 4 is 5.95 Å². The van der Waals surface area contributed by atoms with E-state index in [9.17, 15) is 0 Å². The molecule has 5 heteroatoms. The largest absolute Gasteiger partial charge is 0.351 e. The van der Waals surface area contributed by atoms with Gasteiger partial charge in [0, 0.05) is 44.3 Å². The number of rotatable bonds is 6. The third kappa shape index (κ3) is 3.36. The molecule has 0 aromatic carbocycles. The van der Waals surface area contributed by atoms with E-state index in [1.54, 1.807) is 0 Å². The summed E-state index contributed by atoms with van der Waals surface area (Å²) in [5, 5.41) is 7.85. The number of aryl methyl sites for hydroxylation is 2. The molecule has 2 aromatic rings. The molecule has 1 N–H and O–H groups in total. The zero-order valence-electron chi connectivity index (χ0n) is 12.2. The molecular weight excluding hydrogens is 238 g/mol. The summed E-state index contributed by atoms with van der Waals surface area (Å²) >= 11 is 0. The topological polar surface area (TPSA) is 47.7 Å². The van der Waals surface area contributed by atoms with E-state index in [4.69, 9.17) is 0 Å². The highest BCUT2D eigenvalue weighted by atomic mass is 15.3. The quantitative estimate of drug-likeness (QED) is 0.869. The highest BCUT2D eigenvalue weighted by molar-refractivity contribution is 5.29. The van der Waals surface area contributed by atoms with Crippen molar-refractivity contribution in [3.05, 3.63) is 29.8 Å². The summed E-state index contributed by atoms with van der Waals surface area (Å²) in [5.74, 6) is 1.54. The fourth-order valence-corrected chi connectivity index (χ4v) is 2.22. The molecule has 2 rings (SSSR count). The van der Waals surface area contributed by atoms with Gasteiger partial charge in [-0.2, -0.15) is 5.10 Å². The second-order valence-electron chi connectivity index (χ2n) is 5.28. The van der Waals surface area contributed by atoms with Crippen LogP contribution in [0.5, 0.6) is 0 Å². The summed E-state index contributed by atoms with van der Waals surface area (Å²) in [6, 6.07) is 0. The number of hydrogen-bond donors (Lipinski definition) is 1. The minimum Gasteiger partial charge on any atom is -0.351 e. The first-order valence-corrected chi connectivity index (χ1v) is 6.86. The van der Waals surface area contributed by atoms with Gasteiger partial charge >= 0.3 is 0 Å². The van der Waals surface area contributed by atoms with Crippen LogP contribution in [-0.4, -0.2) is 19.3 Å². The lowest BCUT2D eigenvalue weighted by molar-refractivity contribution is 0.526. The Morgan fingerprint density at radius 3 is 2.84 bits per heavy atom. The van der Waals surface area contributed by atoms with Gasteiger partial charge in [0.05, 0.1) is 5.69 Å². The maximum Gasteiger partial charge on any atom is 0.203 e. The fraction of sp³-hybridized carbons (Fsp3) is 0.571. The lowest BCUT2D eigenvalue weighted by Gasteiger charge is -2.11. The molecule has 0 atom stereocenters. The molecule has 19 heavy (non-hydrogen) atoms. The summed E-state index contributed by atoms with van der Waals surface area (Å²) in [4.78, 5) is 4.37. The van der Waals surface area contributed by atoms with E-state index in [0.717, 1.165) is 31.2 Å². The second-order valence-corrected chi connectivity index (χ2v) is 5.28. The van der Waals surface area contributed by atoms with Crippen LogP contribution in [0.15, 0.2) is 18.6 Å². The molecule has 0 saturated carbocycles. The maximum absolute atomic E-state index is 4.45. The number of hydrogen-bond acceptors (Lipinski definition) is 3. The molecule has 0 aliphatic rings. The number of anilines is 1. The molecule has 104 valence electrons. The van der Waals surface area contributed by atoms with Crippen LogP contribution in [0.1, 0.15) is 32.0 Å². The van der Waals surface area contributed by atoms with Crippen LogP contribution in [0, 0.1) is 5.92 Å². The van der Waals surface area contributed by atoms with Crippen LogP contribution in [-0.2, 0) is 26.6 Å². The third-order valence-corrected chi connectivity index (χ3v) is 3.04. The predicted octanol–water partition coefficient (Wildman–Crippen LogP) is 2.45. The average molecular weight is 261 g/mol. The third-order valence-electron chi connectivity index (χ3n) is 3.04. The Hall–Kier alpha value is -1.78. The number of nitrogens with one attached hydrogen (secondary N) is 1. The highest BCUT2D eigenvalue weighted by Gasteiger charge is 2.08. The van der Waals surface area contributed by atoms with Gasteiger partial charge in [0.15, 0.2) is 0 Å². The molecule has 0 aliphatic heterocycles. The zero-order chi connectivity index (χ0) is 13.8. The van der Waals surface area contributed by atoms with Crippen molar-refractivity contribution in [2.75, 3.05) is 5.32 Å². The van der Waals surface area contributed by atoms with Gasteiger partial charge in [0.25, 0.3) is 0 Å². The lowest BCUT2D eigenvalue weighted by atomic mass is 10.2. The van der Waals surface area contributed by atoms with Gasteiger partial charge in [-0.3, -0.25) is 4.68 Å². The maximum atomic E-state index is 4.45. The Morgan fingerprint density at radius 2 is 2.16 bits per heavy atom. The van der Waals surface area contributed by atoms with Crippen molar-refractivity contribution in [3.8, 4) is 0 Å². The van der Waals surface area contributed by atoms with Crippen LogP contribution in [0.4, 0.5) is 5.95 Å². The Morgan fingerprint density at radius 1 is 1.37 bits per heavy atom. The molecule has 0 bridgehead atoms. The minimum absolute atomic E-state index is 0.611. The molecular formula is C14H23N5. The molecule has 0 spiro atoms. The van der Waals surface area contributed by atoms with Crippen molar-refractivity contribution in [3.63, 3.8) is 0 Å². The summed E-state index contributed by atoms with van der Waals surface area (Å²) in [6.07, 6.45) is 6.89. The normalized spacial score (nSPS) is 11.2. The Balaban J connectivity index is 2.04. The van der Waals surface area contributed by atoms with Gasteiger partial charge in [-0.15, -0.1) is 0 Å². The molecule has 0 fully saturated rings. The smallest absolute Gasteiger partial charge is 0.203 e. The summed E-state index contributed by atoms with van der Waals surface area (Å²) < 4.78 is 4.03. The van der Waals surface area contributed by atoms with Gasteiger partial charge in [-0.25, -0.2) is 4.98 Å². The summed E-state index contributed by atoms with van der Waals surface area (Å²) in [6.45, 7) is 8.30. The van der Waals surface area contributed by atoms with E-state index in [-0.39, 0.29) is 0 Å². The van der Waals surface area contributed by atoms with Gasteiger partial charge < -0.3 is 9.88 Å². The van der Waals surface area contributed by atoms with E-state index < -0.39 is 0 Å². The minimum atomic E-state index is 0.611. The number of aromatic nitrogens is 4. The van der Waals surface area contributed by atoms with Crippen molar-refractivity contribution in [1.82, 2.24) is 19.3 Å². The predicted molar refractivity (Wildman–Crippen MR) is 77.0 cm³/mol.